The number of halogens is 1. The van der Waals surface area contributed by atoms with Crippen molar-refractivity contribution in [1.29, 1.82) is 0 Å². The van der Waals surface area contributed by atoms with Gasteiger partial charge in [-0.15, -0.1) is 0 Å². The van der Waals surface area contributed by atoms with Crippen molar-refractivity contribution >= 4 is 56.0 Å². The zero-order chi connectivity index (χ0) is 26.9. The van der Waals surface area contributed by atoms with Crippen LogP contribution in [0.5, 0.6) is 0 Å². The lowest BCUT2D eigenvalue weighted by atomic mass is 10.1. The second-order valence-corrected chi connectivity index (χ2v) is 10.6. The maximum atomic E-state index is 15.2. The Bertz CT molecular complexity index is 1650. The van der Waals surface area contributed by atoms with E-state index in [0.717, 1.165) is 6.26 Å². The van der Waals surface area contributed by atoms with Crippen molar-refractivity contribution in [3.8, 4) is 0 Å². The highest BCUT2D eigenvalue weighted by molar-refractivity contribution is 7.90. The molecule has 38 heavy (non-hydrogen) atoms. The third-order valence-electron chi connectivity index (χ3n) is 5.87. The molecule has 0 aliphatic carbocycles. The maximum Gasteiger partial charge on any atom is 0.433 e. The molecule has 1 fully saturated rings. The van der Waals surface area contributed by atoms with Crippen LogP contribution in [0.15, 0.2) is 57.8 Å². The SMILES string of the molecule is CS(=O)(=O)c1ccc(Nc2nc(/C=C/c3ccc([N+](=O)[O-])o3)nc3cc(N4CCOCC4)c(F)cc23)cc1. The summed E-state index contributed by atoms with van der Waals surface area (Å²) >= 11 is 0. The molecule has 1 N–H and O–H groups in total. The fourth-order valence-corrected chi connectivity index (χ4v) is 4.61. The van der Waals surface area contributed by atoms with Crippen molar-refractivity contribution in [2.45, 2.75) is 4.90 Å². The van der Waals surface area contributed by atoms with Gasteiger partial charge in [0.1, 0.15) is 22.3 Å². The van der Waals surface area contributed by atoms with Crippen LogP contribution >= 0.6 is 0 Å². The third-order valence-corrected chi connectivity index (χ3v) is 7.00. The fraction of sp³-hybridized carbons (Fsp3) is 0.200. The number of rotatable bonds is 7. The molecule has 5 rings (SSSR count). The lowest BCUT2D eigenvalue weighted by Crippen LogP contribution is -2.36. The molecule has 0 bridgehead atoms. The van der Waals surface area contributed by atoms with Gasteiger partial charge in [-0.25, -0.2) is 22.8 Å². The fourth-order valence-electron chi connectivity index (χ4n) is 3.98. The highest BCUT2D eigenvalue weighted by Gasteiger charge is 2.19. The molecule has 0 atom stereocenters. The molecule has 3 heterocycles. The second-order valence-electron chi connectivity index (χ2n) is 8.54. The summed E-state index contributed by atoms with van der Waals surface area (Å²) in [4.78, 5) is 21.4. The summed E-state index contributed by atoms with van der Waals surface area (Å²) in [7, 11) is -3.37. The van der Waals surface area contributed by atoms with E-state index in [0.29, 0.717) is 54.4 Å². The van der Waals surface area contributed by atoms with E-state index < -0.39 is 26.5 Å². The Kier molecular flexibility index (Phi) is 6.78. The van der Waals surface area contributed by atoms with Crippen molar-refractivity contribution in [1.82, 2.24) is 9.97 Å². The van der Waals surface area contributed by atoms with E-state index in [4.69, 9.17) is 9.15 Å². The summed E-state index contributed by atoms with van der Waals surface area (Å²) in [6.07, 6.45) is 4.14. The molecule has 0 spiro atoms. The number of nitro groups is 1. The average molecular weight is 540 g/mol. The molecule has 11 nitrogen and oxygen atoms in total. The van der Waals surface area contributed by atoms with Gasteiger partial charge < -0.3 is 19.4 Å². The molecule has 0 radical (unpaired) electrons. The van der Waals surface area contributed by atoms with E-state index in [2.05, 4.69) is 15.3 Å². The Morgan fingerprint density at radius 2 is 1.82 bits per heavy atom. The van der Waals surface area contributed by atoms with Crippen LogP contribution in [0.4, 0.5) is 27.5 Å². The van der Waals surface area contributed by atoms with Gasteiger partial charge in [-0.3, -0.25) is 10.1 Å². The number of ether oxygens (including phenoxy) is 1. The summed E-state index contributed by atoms with van der Waals surface area (Å²) < 4.78 is 49.4. The molecule has 0 unspecified atom stereocenters. The average Bonchev–Trinajstić information content (AvgIpc) is 3.37. The van der Waals surface area contributed by atoms with Crippen LogP contribution in [-0.4, -0.2) is 55.9 Å². The molecule has 2 aromatic carbocycles. The maximum absolute atomic E-state index is 15.2. The number of nitrogens with one attached hydrogen (secondary N) is 1. The Morgan fingerprint density at radius 3 is 2.47 bits per heavy atom. The molecule has 1 saturated heterocycles. The molecule has 196 valence electrons. The first-order valence-electron chi connectivity index (χ1n) is 11.5. The van der Waals surface area contributed by atoms with Crippen LogP contribution in [0.25, 0.3) is 23.1 Å². The van der Waals surface area contributed by atoms with E-state index >= 15 is 4.39 Å². The van der Waals surface area contributed by atoms with Crippen LogP contribution < -0.4 is 10.2 Å². The van der Waals surface area contributed by atoms with Crippen molar-refractivity contribution < 1.29 is 26.9 Å². The van der Waals surface area contributed by atoms with Gasteiger partial charge in [0, 0.05) is 30.4 Å². The highest BCUT2D eigenvalue weighted by Crippen LogP contribution is 2.31. The van der Waals surface area contributed by atoms with Crippen molar-refractivity contribution in [3.05, 3.63) is 76.0 Å². The standard InChI is InChI=1S/C25H22FN5O6S/c1-38(34,35)18-6-2-16(3-7-18)27-25-19-14-20(26)22(30-10-12-36-13-11-30)15-21(19)28-23(29-25)8-4-17-5-9-24(37-17)31(32)33/h2-9,14-15H,10-13H2,1H3,(H,27,28,29)/b8-4+. The Hall–Kier alpha value is -4.36. The number of nitrogens with zero attached hydrogens (tertiary/aromatic N) is 4. The van der Waals surface area contributed by atoms with Crippen molar-refractivity contribution in [2.75, 3.05) is 42.8 Å². The van der Waals surface area contributed by atoms with Crippen LogP contribution in [0, 0.1) is 15.9 Å². The molecule has 2 aromatic heterocycles. The van der Waals surface area contributed by atoms with E-state index in [1.54, 1.807) is 18.2 Å². The van der Waals surface area contributed by atoms with E-state index in [9.17, 15) is 18.5 Å². The van der Waals surface area contributed by atoms with Crippen LogP contribution in [-0.2, 0) is 14.6 Å². The molecule has 0 saturated carbocycles. The lowest BCUT2D eigenvalue weighted by molar-refractivity contribution is -0.402. The van der Waals surface area contributed by atoms with Crippen molar-refractivity contribution in [2.24, 2.45) is 0 Å². The first kappa shape index (κ1) is 25.3. The van der Waals surface area contributed by atoms with Crippen LogP contribution in [0.2, 0.25) is 0 Å². The van der Waals surface area contributed by atoms with Crippen LogP contribution in [0.3, 0.4) is 0 Å². The number of benzene rings is 2. The Labute approximate surface area is 216 Å². The molecular formula is C25H22FN5O6S. The van der Waals surface area contributed by atoms with E-state index in [-0.39, 0.29) is 16.5 Å². The normalized spacial score (nSPS) is 14.3. The Balaban J connectivity index is 1.56. The predicted molar refractivity (Wildman–Crippen MR) is 140 cm³/mol. The summed E-state index contributed by atoms with van der Waals surface area (Å²) in [6, 6.07) is 11.8. The molecule has 13 heteroatoms. The van der Waals surface area contributed by atoms with Gasteiger partial charge >= 0.3 is 5.88 Å². The number of anilines is 3. The summed E-state index contributed by atoms with van der Waals surface area (Å²) in [5.41, 5.74) is 1.38. The molecule has 4 aromatic rings. The minimum absolute atomic E-state index is 0.160. The minimum Gasteiger partial charge on any atom is -0.401 e. The van der Waals surface area contributed by atoms with E-state index in [1.165, 1.54) is 42.5 Å². The van der Waals surface area contributed by atoms with Gasteiger partial charge in [0.05, 0.1) is 35.4 Å². The summed E-state index contributed by atoms with van der Waals surface area (Å²) in [5.74, 6) is -0.0652. The summed E-state index contributed by atoms with van der Waals surface area (Å²) in [5, 5.41) is 14.4. The van der Waals surface area contributed by atoms with Gasteiger partial charge in [-0.05, 0) is 54.6 Å². The predicted octanol–water partition coefficient (Wildman–Crippen LogP) is 4.42. The molecule has 1 aliphatic rings. The largest absolute Gasteiger partial charge is 0.433 e. The first-order chi connectivity index (χ1) is 18.2. The zero-order valence-corrected chi connectivity index (χ0v) is 20.9. The van der Waals surface area contributed by atoms with E-state index in [1.807, 2.05) is 4.90 Å². The number of hydrogen-bond acceptors (Lipinski definition) is 10. The third kappa shape index (κ3) is 5.48. The highest BCUT2D eigenvalue weighted by atomic mass is 32.2. The van der Waals surface area contributed by atoms with Gasteiger partial charge in [0.15, 0.2) is 15.7 Å². The van der Waals surface area contributed by atoms with Crippen LogP contribution in [0.1, 0.15) is 11.6 Å². The smallest absolute Gasteiger partial charge is 0.401 e. The van der Waals surface area contributed by atoms with Gasteiger partial charge in [-0.2, -0.15) is 0 Å². The number of hydrogen-bond donors (Lipinski definition) is 1. The lowest BCUT2D eigenvalue weighted by Gasteiger charge is -2.29. The number of morpholine rings is 1. The van der Waals surface area contributed by atoms with Gasteiger partial charge in [0.2, 0.25) is 0 Å². The second kappa shape index (κ2) is 10.2. The Morgan fingerprint density at radius 1 is 1.08 bits per heavy atom. The first-order valence-corrected chi connectivity index (χ1v) is 13.4. The minimum atomic E-state index is -3.37. The van der Waals surface area contributed by atoms with Gasteiger partial charge in [0.25, 0.3) is 0 Å². The number of fused-ring (bicyclic) bond motifs is 1. The molecule has 1 aliphatic heterocycles. The van der Waals surface area contributed by atoms with Crippen molar-refractivity contribution in [3.63, 3.8) is 0 Å². The quantitative estimate of drug-likeness (QED) is 0.265. The number of furan rings is 1. The zero-order valence-electron chi connectivity index (χ0n) is 20.1. The topological polar surface area (TPSA) is 141 Å². The monoisotopic (exact) mass is 539 g/mol. The molecular weight excluding hydrogens is 517 g/mol. The number of aromatic nitrogens is 2. The number of sulfone groups is 1. The molecule has 0 amide bonds. The summed E-state index contributed by atoms with van der Waals surface area (Å²) in [6.45, 7) is 2.05. The van der Waals surface area contributed by atoms with Gasteiger partial charge in [-0.1, -0.05) is 0 Å².